The molecular weight excluding hydrogens is 226 g/mol. The molecule has 0 radical (unpaired) electrons. The van der Waals surface area contributed by atoms with Crippen LogP contribution in [-0.4, -0.2) is 47.0 Å². The zero-order valence-corrected chi connectivity index (χ0v) is 9.68. The van der Waals surface area contributed by atoms with Crippen molar-refractivity contribution in [3.05, 3.63) is 0 Å². The van der Waals surface area contributed by atoms with E-state index in [0.717, 1.165) is 0 Å². The van der Waals surface area contributed by atoms with E-state index in [0.29, 0.717) is 19.5 Å². The fraction of sp³-hybridized carbons (Fsp3) is 0.700. The molecule has 3 amide bonds. The number of aliphatic carboxylic acids is 1. The topological polar surface area (TPSA) is 113 Å². The number of urea groups is 1. The summed E-state index contributed by atoms with van der Waals surface area (Å²) in [5.41, 5.74) is 4.80. The summed E-state index contributed by atoms with van der Waals surface area (Å²) in [7, 11) is 0. The highest BCUT2D eigenvalue weighted by Gasteiger charge is 2.35. The molecule has 0 aliphatic carbocycles. The maximum atomic E-state index is 11.2. The molecule has 7 nitrogen and oxygen atoms in total. The highest BCUT2D eigenvalue weighted by Crippen LogP contribution is 2.24. The van der Waals surface area contributed by atoms with Gasteiger partial charge in [0.15, 0.2) is 0 Å². The number of likely N-dealkylation sites (tertiary alicyclic amines) is 1. The lowest BCUT2D eigenvalue weighted by molar-refractivity contribution is -0.142. The lowest BCUT2D eigenvalue weighted by atomic mass is 10.0. The minimum Gasteiger partial charge on any atom is -0.481 e. The third-order valence-electron chi connectivity index (χ3n) is 3.09. The summed E-state index contributed by atoms with van der Waals surface area (Å²) < 4.78 is 0. The monoisotopic (exact) mass is 243 g/mol. The lowest BCUT2D eigenvalue weighted by Gasteiger charge is -2.22. The van der Waals surface area contributed by atoms with Crippen molar-refractivity contribution in [1.82, 2.24) is 10.2 Å². The molecule has 1 rings (SSSR count). The highest BCUT2D eigenvalue weighted by atomic mass is 16.4. The predicted octanol–water partition coefficient (Wildman–Crippen LogP) is -0.634. The quantitative estimate of drug-likeness (QED) is 0.608. The largest absolute Gasteiger partial charge is 0.481 e. The molecule has 7 heteroatoms. The Morgan fingerprint density at radius 1 is 1.47 bits per heavy atom. The van der Waals surface area contributed by atoms with Crippen LogP contribution < -0.4 is 11.1 Å². The number of hydrogen-bond donors (Lipinski definition) is 3. The zero-order chi connectivity index (χ0) is 13.0. The summed E-state index contributed by atoms with van der Waals surface area (Å²) in [6.07, 6.45) is 0.730. The molecule has 1 heterocycles. The van der Waals surface area contributed by atoms with Gasteiger partial charge in [0.25, 0.3) is 0 Å². The van der Waals surface area contributed by atoms with E-state index in [2.05, 4.69) is 0 Å². The molecule has 17 heavy (non-hydrogen) atoms. The average molecular weight is 243 g/mol. The van der Waals surface area contributed by atoms with Crippen LogP contribution in [0.25, 0.3) is 0 Å². The Bertz CT molecular complexity index is 332. The van der Waals surface area contributed by atoms with E-state index < -0.39 is 17.9 Å². The normalized spacial score (nSPS) is 24.5. The number of nitrogens with zero attached hydrogens (tertiary/aromatic N) is 1. The molecule has 0 spiro atoms. The summed E-state index contributed by atoms with van der Waals surface area (Å²) in [6.45, 7) is 2.92. The highest BCUT2D eigenvalue weighted by molar-refractivity contribution is 5.93. The fourth-order valence-corrected chi connectivity index (χ4v) is 2.09. The minimum atomic E-state index is -0.868. The minimum absolute atomic E-state index is 0.0890. The van der Waals surface area contributed by atoms with Crippen LogP contribution in [0.2, 0.25) is 0 Å². The summed E-state index contributed by atoms with van der Waals surface area (Å²) in [6, 6.07) is -0.957. The van der Waals surface area contributed by atoms with Gasteiger partial charge in [0.1, 0.15) is 0 Å². The van der Waals surface area contributed by atoms with Crippen molar-refractivity contribution >= 4 is 17.9 Å². The number of carboxylic acids is 1. The van der Waals surface area contributed by atoms with E-state index in [1.807, 2.05) is 17.1 Å². The van der Waals surface area contributed by atoms with Gasteiger partial charge in [-0.05, 0) is 19.9 Å². The molecule has 0 aromatic rings. The smallest absolute Gasteiger partial charge is 0.318 e. The molecule has 1 aliphatic rings. The van der Waals surface area contributed by atoms with E-state index in [1.54, 1.807) is 0 Å². The first-order chi connectivity index (χ1) is 7.91. The van der Waals surface area contributed by atoms with Crippen LogP contribution in [0.4, 0.5) is 4.79 Å². The second-order valence-corrected chi connectivity index (χ2v) is 4.17. The van der Waals surface area contributed by atoms with Gasteiger partial charge in [0.05, 0.1) is 5.92 Å². The molecular formula is C10H17N3O4. The molecule has 0 aromatic heterocycles. The molecule has 1 saturated heterocycles. The van der Waals surface area contributed by atoms with Crippen molar-refractivity contribution in [2.75, 3.05) is 13.1 Å². The van der Waals surface area contributed by atoms with Crippen LogP contribution in [0.15, 0.2) is 0 Å². The first-order valence-electron chi connectivity index (χ1n) is 5.48. The number of carboxylic acid groups (broad SMARTS) is 1. The zero-order valence-electron chi connectivity index (χ0n) is 9.68. The van der Waals surface area contributed by atoms with Crippen molar-refractivity contribution in [2.45, 2.75) is 25.8 Å². The van der Waals surface area contributed by atoms with E-state index in [-0.39, 0.29) is 18.4 Å². The van der Waals surface area contributed by atoms with Crippen LogP contribution in [0.5, 0.6) is 0 Å². The van der Waals surface area contributed by atoms with Gasteiger partial charge >= 0.3 is 12.0 Å². The third kappa shape index (κ3) is 3.70. The van der Waals surface area contributed by atoms with Crippen LogP contribution in [0.3, 0.4) is 0 Å². The average Bonchev–Trinajstić information content (AvgIpc) is 2.55. The Morgan fingerprint density at radius 2 is 2.12 bits per heavy atom. The molecule has 4 N–H and O–H groups in total. The van der Waals surface area contributed by atoms with Gasteiger partial charge in [-0.3, -0.25) is 19.8 Å². The van der Waals surface area contributed by atoms with Crippen LogP contribution in [-0.2, 0) is 9.59 Å². The summed E-state index contributed by atoms with van der Waals surface area (Å²) in [4.78, 5) is 34.4. The van der Waals surface area contributed by atoms with Crippen LogP contribution in [0, 0.1) is 5.92 Å². The van der Waals surface area contributed by atoms with E-state index >= 15 is 0 Å². The van der Waals surface area contributed by atoms with E-state index in [9.17, 15) is 14.4 Å². The molecule has 0 aromatic carbocycles. The first-order valence-corrected chi connectivity index (χ1v) is 5.48. The molecule has 0 saturated carbocycles. The number of hydrogen-bond acceptors (Lipinski definition) is 4. The Hall–Kier alpha value is -1.63. The van der Waals surface area contributed by atoms with Crippen molar-refractivity contribution in [2.24, 2.45) is 11.7 Å². The SMILES string of the molecule is CC1C(C(=O)O)CCN1CCC(=O)NC(N)=O. The molecule has 96 valence electrons. The molecule has 1 fully saturated rings. The van der Waals surface area contributed by atoms with Gasteiger partial charge < -0.3 is 10.8 Å². The number of carbonyl (C=O) groups is 3. The van der Waals surface area contributed by atoms with Crippen molar-refractivity contribution in [3.8, 4) is 0 Å². The Morgan fingerprint density at radius 3 is 2.59 bits per heavy atom. The van der Waals surface area contributed by atoms with Gasteiger partial charge in [-0.1, -0.05) is 0 Å². The second kappa shape index (κ2) is 5.62. The number of nitrogens with two attached hydrogens (primary N) is 1. The fourth-order valence-electron chi connectivity index (χ4n) is 2.09. The van der Waals surface area contributed by atoms with Gasteiger partial charge in [0.2, 0.25) is 5.91 Å². The van der Waals surface area contributed by atoms with Gasteiger partial charge in [0, 0.05) is 19.0 Å². The number of rotatable bonds is 4. The Balaban J connectivity index is 2.36. The van der Waals surface area contributed by atoms with Crippen molar-refractivity contribution in [1.29, 1.82) is 0 Å². The summed E-state index contributed by atoms with van der Waals surface area (Å²) >= 11 is 0. The predicted molar refractivity (Wildman–Crippen MR) is 59.1 cm³/mol. The summed E-state index contributed by atoms with van der Waals surface area (Å²) in [5.74, 6) is -1.63. The van der Waals surface area contributed by atoms with Gasteiger partial charge in [-0.25, -0.2) is 4.79 Å². The number of primary amides is 1. The number of imide groups is 1. The Kier molecular flexibility index (Phi) is 4.45. The van der Waals surface area contributed by atoms with Crippen molar-refractivity contribution < 1.29 is 19.5 Å². The van der Waals surface area contributed by atoms with E-state index in [1.165, 1.54) is 0 Å². The first kappa shape index (κ1) is 13.4. The lowest BCUT2D eigenvalue weighted by Crippen LogP contribution is -2.39. The maximum Gasteiger partial charge on any atom is 0.318 e. The molecule has 0 bridgehead atoms. The van der Waals surface area contributed by atoms with Gasteiger partial charge in [-0.15, -0.1) is 0 Å². The number of carbonyl (C=O) groups excluding carboxylic acids is 2. The van der Waals surface area contributed by atoms with Crippen LogP contribution >= 0.6 is 0 Å². The van der Waals surface area contributed by atoms with Gasteiger partial charge in [-0.2, -0.15) is 0 Å². The standard InChI is InChI=1S/C10H17N3O4/c1-6-7(9(15)16)2-4-13(6)5-3-8(14)12-10(11)17/h6-7H,2-5H2,1H3,(H,15,16)(H3,11,12,14,17). The third-order valence-corrected chi connectivity index (χ3v) is 3.09. The number of amides is 3. The number of nitrogens with one attached hydrogen (secondary N) is 1. The molecule has 2 atom stereocenters. The second-order valence-electron chi connectivity index (χ2n) is 4.17. The molecule has 1 aliphatic heterocycles. The van der Waals surface area contributed by atoms with Crippen LogP contribution in [0.1, 0.15) is 19.8 Å². The van der Waals surface area contributed by atoms with E-state index in [4.69, 9.17) is 10.8 Å². The summed E-state index contributed by atoms with van der Waals surface area (Å²) in [5, 5.41) is 10.9. The molecule has 2 unspecified atom stereocenters. The maximum absolute atomic E-state index is 11.2. The Labute approximate surface area is 98.9 Å². The van der Waals surface area contributed by atoms with Crippen molar-refractivity contribution in [3.63, 3.8) is 0 Å².